The smallest absolute Gasteiger partial charge is 0.321 e. The summed E-state index contributed by atoms with van der Waals surface area (Å²) in [4.78, 5) is 15.4. The van der Waals surface area contributed by atoms with E-state index in [4.69, 9.17) is 0 Å². The normalized spacial score (nSPS) is 19.1. The van der Waals surface area contributed by atoms with Crippen molar-refractivity contribution < 1.29 is 15.0 Å². The second kappa shape index (κ2) is 7.23. The van der Waals surface area contributed by atoms with Gasteiger partial charge in [0.2, 0.25) is 0 Å². The van der Waals surface area contributed by atoms with Gasteiger partial charge in [0.1, 0.15) is 11.8 Å². The molecule has 29 heavy (non-hydrogen) atoms. The highest BCUT2D eigenvalue weighted by Crippen LogP contribution is 2.40. The number of hydrogen-bond acceptors (Lipinski definition) is 3. The third-order valence-electron chi connectivity index (χ3n) is 5.98. The summed E-state index contributed by atoms with van der Waals surface area (Å²) < 4.78 is 0. The first-order valence-corrected chi connectivity index (χ1v) is 10.2. The van der Waals surface area contributed by atoms with E-state index in [2.05, 4.69) is 38.0 Å². The molecule has 0 saturated heterocycles. The maximum Gasteiger partial charge on any atom is 0.321 e. The van der Waals surface area contributed by atoms with Gasteiger partial charge in [0.05, 0.1) is 6.04 Å². The Kier molecular flexibility index (Phi) is 4.87. The average Bonchev–Trinajstić information content (AvgIpc) is 3.05. The van der Waals surface area contributed by atoms with Crippen LogP contribution in [0.15, 0.2) is 36.4 Å². The third kappa shape index (κ3) is 3.29. The van der Waals surface area contributed by atoms with Crippen LogP contribution in [0.4, 0.5) is 0 Å². The van der Waals surface area contributed by atoms with Crippen molar-refractivity contribution in [1.29, 1.82) is 0 Å². The molecule has 0 fully saturated rings. The van der Waals surface area contributed by atoms with Crippen LogP contribution in [0.1, 0.15) is 73.5 Å². The molecule has 2 heterocycles. The lowest BCUT2D eigenvalue weighted by Gasteiger charge is -2.31. The summed E-state index contributed by atoms with van der Waals surface area (Å²) >= 11 is 0. The zero-order chi connectivity index (χ0) is 20.9. The van der Waals surface area contributed by atoms with Crippen LogP contribution in [0.3, 0.4) is 0 Å². The van der Waals surface area contributed by atoms with Crippen LogP contribution in [0.25, 0.3) is 10.9 Å². The fourth-order valence-electron chi connectivity index (χ4n) is 4.41. The zero-order valence-corrected chi connectivity index (χ0v) is 17.3. The van der Waals surface area contributed by atoms with Crippen LogP contribution in [-0.2, 0) is 11.2 Å². The van der Waals surface area contributed by atoms with Crippen molar-refractivity contribution in [2.75, 3.05) is 0 Å². The van der Waals surface area contributed by atoms with E-state index in [0.717, 1.165) is 38.9 Å². The molecular weight excluding hydrogens is 364 g/mol. The van der Waals surface area contributed by atoms with Crippen LogP contribution < -0.4 is 5.32 Å². The SMILES string of the molecule is CC(C)c1cc([C@H]2N[C@H](C(=O)O)Cc3c2[nH]c2ccccc32)cc(C(C)C)c1O. The zero-order valence-electron chi connectivity index (χ0n) is 17.3. The molecular formula is C24H28N2O3. The lowest BCUT2D eigenvalue weighted by molar-refractivity contribution is -0.139. The molecule has 4 N–H and O–H groups in total. The highest BCUT2D eigenvalue weighted by molar-refractivity contribution is 5.87. The van der Waals surface area contributed by atoms with Crippen molar-refractivity contribution in [3.05, 3.63) is 64.3 Å². The van der Waals surface area contributed by atoms with Crippen molar-refractivity contribution in [1.82, 2.24) is 10.3 Å². The van der Waals surface area contributed by atoms with Gasteiger partial charge in [0.25, 0.3) is 0 Å². The Morgan fingerprint density at radius 3 is 2.28 bits per heavy atom. The number of H-pyrrole nitrogens is 1. The third-order valence-corrected chi connectivity index (χ3v) is 5.98. The molecule has 0 saturated carbocycles. The molecule has 2 aromatic carbocycles. The van der Waals surface area contributed by atoms with Crippen LogP contribution in [-0.4, -0.2) is 27.2 Å². The van der Waals surface area contributed by atoms with Gasteiger partial charge in [-0.15, -0.1) is 0 Å². The predicted molar refractivity (Wildman–Crippen MR) is 115 cm³/mol. The van der Waals surface area contributed by atoms with Gasteiger partial charge in [-0.2, -0.15) is 0 Å². The van der Waals surface area contributed by atoms with E-state index in [0.29, 0.717) is 12.2 Å². The van der Waals surface area contributed by atoms with Crippen LogP contribution >= 0.6 is 0 Å². The van der Waals surface area contributed by atoms with Crippen molar-refractivity contribution in [2.24, 2.45) is 0 Å². The number of rotatable bonds is 4. The minimum Gasteiger partial charge on any atom is -0.507 e. The lowest BCUT2D eigenvalue weighted by Crippen LogP contribution is -2.45. The Bertz CT molecular complexity index is 1050. The van der Waals surface area contributed by atoms with Gasteiger partial charge in [-0.1, -0.05) is 45.9 Å². The molecule has 3 aromatic rings. The van der Waals surface area contributed by atoms with Gasteiger partial charge in [0.15, 0.2) is 0 Å². The fraction of sp³-hybridized carbons (Fsp3) is 0.375. The number of para-hydroxylation sites is 1. The molecule has 2 atom stereocenters. The number of aromatic hydroxyl groups is 1. The number of carboxylic acids is 1. The number of aliphatic carboxylic acids is 1. The van der Waals surface area contributed by atoms with Crippen molar-refractivity contribution >= 4 is 16.9 Å². The summed E-state index contributed by atoms with van der Waals surface area (Å²) in [7, 11) is 0. The Morgan fingerprint density at radius 1 is 1.07 bits per heavy atom. The summed E-state index contributed by atoms with van der Waals surface area (Å²) in [5.41, 5.74) is 5.85. The number of benzene rings is 2. The van der Waals surface area contributed by atoms with Crippen LogP contribution in [0, 0.1) is 0 Å². The number of hydrogen-bond donors (Lipinski definition) is 4. The van der Waals surface area contributed by atoms with Crippen molar-refractivity contribution in [2.45, 2.75) is 58.0 Å². The first-order valence-electron chi connectivity index (χ1n) is 10.2. The number of aromatic nitrogens is 1. The summed E-state index contributed by atoms with van der Waals surface area (Å²) in [5.74, 6) is -0.180. The maximum atomic E-state index is 11.9. The van der Waals surface area contributed by atoms with Gasteiger partial charge >= 0.3 is 5.97 Å². The number of fused-ring (bicyclic) bond motifs is 3. The van der Waals surface area contributed by atoms with E-state index in [-0.39, 0.29) is 17.9 Å². The van der Waals surface area contributed by atoms with E-state index in [9.17, 15) is 15.0 Å². The number of phenolic OH excluding ortho intramolecular Hbond substituents is 1. The predicted octanol–water partition coefficient (Wildman–Crippen LogP) is 4.81. The monoisotopic (exact) mass is 392 g/mol. The van der Waals surface area contributed by atoms with Crippen molar-refractivity contribution in [3.8, 4) is 5.75 Å². The first kappa shape index (κ1) is 19.5. The van der Waals surface area contributed by atoms with E-state index in [1.807, 2.05) is 36.4 Å². The second-order valence-electron chi connectivity index (χ2n) is 8.61. The number of phenols is 1. The Hall–Kier alpha value is -2.79. The molecule has 0 amide bonds. The fourth-order valence-corrected chi connectivity index (χ4v) is 4.41. The number of aromatic amines is 1. The van der Waals surface area contributed by atoms with E-state index in [1.54, 1.807) is 0 Å². The average molecular weight is 392 g/mol. The Morgan fingerprint density at radius 2 is 1.69 bits per heavy atom. The molecule has 1 aliphatic heterocycles. The van der Waals surface area contributed by atoms with Crippen molar-refractivity contribution in [3.63, 3.8) is 0 Å². The highest BCUT2D eigenvalue weighted by Gasteiger charge is 2.34. The highest BCUT2D eigenvalue weighted by atomic mass is 16.4. The molecule has 5 nitrogen and oxygen atoms in total. The molecule has 0 aliphatic carbocycles. The van der Waals surface area contributed by atoms with Gasteiger partial charge in [0, 0.05) is 23.0 Å². The van der Waals surface area contributed by atoms with Gasteiger partial charge < -0.3 is 15.2 Å². The quantitative estimate of drug-likeness (QED) is 0.513. The maximum absolute atomic E-state index is 11.9. The minimum absolute atomic E-state index is 0.161. The molecule has 0 radical (unpaired) electrons. The molecule has 5 heteroatoms. The minimum atomic E-state index is -0.849. The van der Waals surface area contributed by atoms with Crippen LogP contribution in [0.2, 0.25) is 0 Å². The molecule has 4 rings (SSSR count). The molecule has 1 aromatic heterocycles. The summed E-state index contributed by atoms with van der Waals surface area (Å²) in [6, 6.07) is 11.1. The van der Waals surface area contributed by atoms with Gasteiger partial charge in [-0.25, -0.2) is 0 Å². The molecule has 1 aliphatic rings. The molecule has 0 bridgehead atoms. The lowest BCUT2D eigenvalue weighted by atomic mass is 9.85. The topological polar surface area (TPSA) is 85.4 Å². The largest absolute Gasteiger partial charge is 0.507 e. The Labute approximate surface area is 170 Å². The molecule has 0 unspecified atom stereocenters. The van der Waals surface area contributed by atoms with Gasteiger partial charge in [-0.3, -0.25) is 10.1 Å². The van der Waals surface area contributed by atoms with E-state index >= 15 is 0 Å². The second-order valence-corrected chi connectivity index (χ2v) is 8.61. The van der Waals surface area contributed by atoms with Gasteiger partial charge in [-0.05, 0) is 52.3 Å². The first-order chi connectivity index (χ1) is 13.8. The standard InChI is InChI=1S/C24H28N2O3/c1-12(2)16-9-14(10-17(13(3)4)23(16)27)21-22-18(11-20(26-21)24(28)29)15-7-5-6-8-19(15)25-22/h5-10,12-13,20-21,25-27H,11H2,1-4H3,(H,28,29)/t20-,21+/m0/s1. The summed E-state index contributed by atoms with van der Waals surface area (Å²) in [5, 5.41) is 24.9. The molecule has 0 spiro atoms. The Balaban J connectivity index is 1.94. The number of nitrogens with one attached hydrogen (secondary N) is 2. The number of carbonyl (C=O) groups is 1. The van der Waals surface area contributed by atoms with E-state index in [1.165, 1.54) is 0 Å². The summed E-state index contributed by atoms with van der Waals surface area (Å²) in [6.07, 6.45) is 0.442. The summed E-state index contributed by atoms with van der Waals surface area (Å²) in [6.45, 7) is 8.24. The number of carboxylic acid groups (broad SMARTS) is 1. The molecule has 152 valence electrons. The van der Waals surface area contributed by atoms with E-state index < -0.39 is 12.0 Å². The van der Waals surface area contributed by atoms with Crippen LogP contribution in [0.5, 0.6) is 5.75 Å².